The number of sulfonamides is 1. The highest BCUT2D eigenvalue weighted by Gasteiger charge is 2.15. The van der Waals surface area contributed by atoms with Gasteiger partial charge in [0, 0.05) is 17.8 Å². The molecule has 0 aliphatic heterocycles. The fourth-order valence-corrected chi connectivity index (χ4v) is 3.99. The number of aryl methyl sites for hydroxylation is 2. The van der Waals surface area contributed by atoms with Crippen LogP contribution >= 0.6 is 11.3 Å². The van der Waals surface area contributed by atoms with Crippen LogP contribution in [0, 0.1) is 0 Å². The van der Waals surface area contributed by atoms with Crippen LogP contribution < -0.4 is 4.72 Å². The van der Waals surface area contributed by atoms with Gasteiger partial charge < -0.3 is 0 Å². The second kappa shape index (κ2) is 6.27. The quantitative estimate of drug-likeness (QED) is 0.755. The largest absolute Gasteiger partial charge is 0.263 e. The first kappa shape index (κ1) is 14.2. The van der Waals surface area contributed by atoms with Crippen LogP contribution in [0.25, 0.3) is 0 Å². The molecule has 0 radical (unpaired) electrons. The second-order valence-electron chi connectivity index (χ2n) is 4.01. The van der Waals surface area contributed by atoms with E-state index in [9.17, 15) is 8.42 Å². The Balaban J connectivity index is 1.84. The highest BCUT2D eigenvalue weighted by molar-refractivity contribution is 7.91. The average Bonchev–Trinajstić information content (AvgIpc) is 3.05. The minimum Gasteiger partial charge on any atom is -0.263 e. The smallest absolute Gasteiger partial charge is 0.250 e. The number of hydrogen-bond donors (Lipinski definition) is 2. The van der Waals surface area contributed by atoms with Gasteiger partial charge in [-0.15, -0.1) is 11.3 Å². The maximum absolute atomic E-state index is 12.0. The van der Waals surface area contributed by atoms with E-state index in [0.29, 0.717) is 23.6 Å². The molecule has 2 heterocycles. The van der Waals surface area contributed by atoms with Gasteiger partial charge in [-0.05, 0) is 25.0 Å². The lowest BCUT2D eigenvalue weighted by Gasteiger charge is -2.03. The molecule has 6 nitrogen and oxygen atoms in total. The summed E-state index contributed by atoms with van der Waals surface area (Å²) in [6.07, 6.45) is 3.65. The molecule has 0 fully saturated rings. The molecular formula is C11H16N4O2S2. The molecule has 19 heavy (non-hydrogen) atoms. The van der Waals surface area contributed by atoms with Crippen molar-refractivity contribution >= 4 is 21.4 Å². The number of rotatable bonds is 7. The van der Waals surface area contributed by atoms with Crippen molar-refractivity contribution in [2.24, 2.45) is 0 Å². The van der Waals surface area contributed by atoms with Gasteiger partial charge in [-0.25, -0.2) is 18.1 Å². The maximum atomic E-state index is 12.0. The van der Waals surface area contributed by atoms with E-state index in [1.165, 1.54) is 17.7 Å². The second-order valence-corrected chi connectivity index (χ2v) is 7.17. The topological polar surface area (TPSA) is 87.7 Å². The Morgan fingerprint density at radius 2 is 2.26 bits per heavy atom. The van der Waals surface area contributed by atoms with Gasteiger partial charge in [-0.3, -0.25) is 5.10 Å². The Labute approximate surface area is 116 Å². The van der Waals surface area contributed by atoms with Gasteiger partial charge in [0.05, 0.1) is 0 Å². The maximum Gasteiger partial charge on any atom is 0.250 e. The summed E-state index contributed by atoms with van der Waals surface area (Å²) in [5, 5.41) is 6.48. The van der Waals surface area contributed by atoms with Gasteiger partial charge in [-0.1, -0.05) is 6.92 Å². The number of thiophene rings is 1. The molecule has 0 bridgehead atoms. The molecule has 2 aromatic rings. The van der Waals surface area contributed by atoms with Crippen molar-refractivity contribution in [1.82, 2.24) is 19.9 Å². The Kier molecular flexibility index (Phi) is 4.67. The zero-order valence-electron chi connectivity index (χ0n) is 10.6. The monoisotopic (exact) mass is 300 g/mol. The van der Waals surface area contributed by atoms with Gasteiger partial charge in [0.15, 0.2) is 0 Å². The fraction of sp³-hybridized carbons (Fsp3) is 0.455. The molecule has 8 heteroatoms. The first-order chi connectivity index (χ1) is 9.12. The molecule has 2 rings (SSSR count). The summed E-state index contributed by atoms with van der Waals surface area (Å²) in [4.78, 5) is 5.05. The van der Waals surface area contributed by atoms with Crippen LogP contribution in [0.15, 0.2) is 22.7 Å². The lowest BCUT2D eigenvalue weighted by molar-refractivity contribution is 0.580. The van der Waals surface area contributed by atoms with Crippen molar-refractivity contribution in [3.63, 3.8) is 0 Å². The van der Waals surface area contributed by atoms with Crippen LogP contribution in [0.4, 0.5) is 0 Å². The van der Waals surface area contributed by atoms with E-state index in [2.05, 4.69) is 19.9 Å². The van der Waals surface area contributed by atoms with Gasteiger partial charge in [0.1, 0.15) is 16.4 Å². The molecule has 0 aliphatic rings. The summed E-state index contributed by atoms with van der Waals surface area (Å²) >= 11 is 1.32. The van der Waals surface area contributed by atoms with E-state index < -0.39 is 10.0 Å². The Morgan fingerprint density at radius 3 is 2.89 bits per heavy atom. The number of nitrogens with one attached hydrogen (secondary N) is 2. The van der Waals surface area contributed by atoms with Crippen molar-refractivity contribution in [2.75, 3.05) is 6.54 Å². The Bertz CT molecular complexity index is 604. The molecule has 104 valence electrons. The van der Waals surface area contributed by atoms with Gasteiger partial charge in [0.2, 0.25) is 10.0 Å². The number of hydrogen-bond acceptors (Lipinski definition) is 5. The third-order valence-electron chi connectivity index (χ3n) is 2.60. The van der Waals surface area contributed by atoms with E-state index in [1.54, 1.807) is 6.07 Å². The summed E-state index contributed by atoms with van der Waals surface area (Å²) < 4.78 is 26.9. The molecule has 0 atom stereocenters. The summed E-state index contributed by atoms with van der Waals surface area (Å²) in [5.74, 6) is 0.767. The minimum absolute atomic E-state index is 0.379. The van der Waals surface area contributed by atoms with Gasteiger partial charge >= 0.3 is 0 Å². The van der Waals surface area contributed by atoms with Crippen LogP contribution in [0.5, 0.6) is 0 Å². The highest BCUT2D eigenvalue weighted by Crippen LogP contribution is 2.21. The van der Waals surface area contributed by atoms with Crippen LogP contribution in [-0.4, -0.2) is 30.1 Å². The molecule has 0 aromatic carbocycles. The van der Waals surface area contributed by atoms with E-state index >= 15 is 0 Å². The first-order valence-corrected chi connectivity index (χ1v) is 8.34. The standard InChI is InChI=1S/C11H16N4O2S2/c1-2-9-5-6-11(18-9)19(16,17)14-7-3-4-10-12-8-13-15-10/h5-6,8,14H,2-4,7H2,1H3,(H,12,13,15). The van der Waals surface area contributed by atoms with Crippen molar-refractivity contribution in [3.8, 4) is 0 Å². The van der Waals surface area contributed by atoms with Gasteiger partial charge in [-0.2, -0.15) is 5.10 Å². The van der Waals surface area contributed by atoms with Crippen molar-refractivity contribution in [1.29, 1.82) is 0 Å². The lowest BCUT2D eigenvalue weighted by atomic mass is 10.3. The average molecular weight is 300 g/mol. The molecule has 0 spiro atoms. The number of aromatic amines is 1. The normalized spacial score (nSPS) is 11.8. The van der Waals surface area contributed by atoms with Crippen molar-refractivity contribution in [2.45, 2.75) is 30.4 Å². The third-order valence-corrected chi connectivity index (χ3v) is 5.78. The molecule has 0 unspecified atom stereocenters. The molecule has 2 N–H and O–H groups in total. The summed E-state index contributed by atoms with van der Waals surface area (Å²) in [6.45, 7) is 2.40. The third kappa shape index (κ3) is 3.85. The van der Waals surface area contributed by atoms with E-state index in [-0.39, 0.29) is 0 Å². The molecule has 0 aliphatic carbocycles. The molecule has 0 saturated carbocycles. The van der Waals surface area contributed by atoms with Crippen LogP contribution in [0.3, 0.4) is 0 Å². The zero-order chi connectivity index (χ0) is 13.7. The van der Waals surface area contributed by atoms with Crippen LogP contribution in [-0.2, 0) is 22.9 Å². The summed E-state index contributed by atoms with van der Waals surface area (Å²) in [5.41, 5.74) is 0. The van der Waals surface area contributed by atoms with E-state index in [4.69, 9.17) is 0 Å². The molecule has 0 saturated heterocycles. The lowest BCUT2D eigenvalue weighted by Crippen LogP contribution is -2.24. The SMILES string of the molecule is CCc1ccc(S(=O)(=O)NCCCc2ncn[nH]2)s1. The summed E-state index contributed by atoms with van der Waals surface area (Å²) in [6, 6.07) is 3.51. The van der Waals surface area contributed by atoms with Crippen LogP contribution in [0.2, 0.25) is 0 Å². The number of nitrogens with zero attached hydrogens (tertiary/aromatic N) is 2. The van der Waals surface area contributed by atoms with E-state index in [0.717, 1.165) is 17.1 Å². The van der Waals surface area contributed by atoms with Crippen molar-refractivity contribution < 1.29 is 8.42 Å². The minimum atomic E-state index is -3.37. The molecule has 0 amide bonds. The zero-order valence-corrected chi connectivity index (χ0v) is 12.2. The number of aromatic nitrogens is 3. The summed E-state index contributed by atoms with van der Waals surface area (Å²) in [7, 11) is -3.37. The first-order valence-electron chi connectivity index (χ1n) is 6.04. The van der Waals surface area contributed by atoms with Crippen LogP contribution in [0.1, 0.15) is 24.0 Å². The number of H-pyrrole nitrogens is 1. The molecule has 2 aromatic heterocycles. The van der Waals surface area contributed by atoms with Gasteiger partial charge in [0.25, 0.3) is 0 Å². The highest BCUT2D eigenvalue weighted by atomic mass is 32.2. The van der Waals surface area contributed by atoms with Crippen molar-refractivity contribution in [3.05, 3.63) is 29.2 Å². The van der Waals surface area contributed by atoms with E-state index in [1.807, 2.05) is 13.0 Å². The predicted molar refractivity (Wildman–Crippen MR) is 73.6 cm³/mol. The predicted octanol–water partition coefficient (Wildman–Crippen LogP) is 1.34. The fourth-order valence-electron chi connectivity index (χ4n) is 1.58. The Morgan fingerprint density at radius 1 is 1.42 bits per heavy atom. The molecular weight excluding hydrogens is 284 g/mol. The Hall–Kier alpha value is -1.25.